The zero-order chi connectivity index (χ0) is 32.9. The second-order valence-electron chi connectivity index (χ2n) is 12.2. The molecule has 1 fully saturated rings. The molecule has 0 unspecified atom stereocenters. The molecular weight excluding hydrogens is 592 g/mol. The standard InChI is InChI=1S/C38H40N4O5/c1-24-34(22-42(3)25(2)35(44)27-10-5-4-6-11-27)46-38(47-36(24)28-18-16-26(23-43)17-19-28)29-12-9-13-30(20-29)40-37(45)33-21-39-31-14-7-8-15-32(31)41-33/h4-21,24-25,34-36,38,43-44H,22-23H2,1-3H3,(H,40,45)/t24-,25-,34+,35-,36+,38+/m1/s1. The van der Waals surface area contributed by atoms with Gasteiger partial charge in [0.25, 0.3) is 5.91 Å². The van der Waals surface area contributed by atoms with Crippen LogP contribution in [-0.2, 0) is 16.1 Å². The number of hydrogen-bond acceptors (Lipinski definition) is 8. The number of anilines is 1. The normalized spacial score (nSPS) is 21.0. The first-order valence-corrected chi connectivity index (χ1v) is 15.9. The third kappa shape index (κ3) is 7.40. The van der Waals surface area contributed by atoms with E-state index >= 15 is 0 Å². The second kappa shape index (κ2) is 14.5. The number of likely N-dealkylation sites (N-methyl/N-ethyl adjacent to an activating group) is 1. The number of fused-ring (bicyclic) bond motifs is 1. The van der Waals surface area contributed by atoms with E-state index in [0.717, 1.165) is 27.8 Å². The van der Waals surface area contributed by atoms with Crippen molar-refractivity contribution in [2.75, 3.05) is 18.9 Å². The fourth-order valence-electron chi connectivity index (χ4n) is 5.97. The molecular formula is C38H40N4O5. The van der Waals surface area contributed by atoms with Gasteiger partial charge in [0.1, 0.15) is 5.69 Å². The number of aromatic nitrogens is 2. The van der Waals surface area contributed by atoms with Crippen molar-refractivity contribution in [3.8, 4) is 0 Å². The minimum atomic E-state index is -0.723. The van der Waals surface area contributed by atoms with E-state index in [1.807, 2.05) is 117 Å². The van der Waals surface area contributed by atoms with Gasteiger partial charge in [-0.15, -0.1) is 0 Å². The number of benzene rings is 4. The van der Waals surface area contributed by atoms with Gasteiger partial charge in [-0.3, -0.25) is 14.7 Å². The van der Waals surface area contributed by atoms with Crippen LogP contribution in [-0.4, -0.2) is 56.7 Å². The maximum absolute atomic E-state index is 13.2. The predicted molar refractivity (Wildman–Crippen MR) is 180 cm³/mol. The molecule has 9 heteroatoms. The summed E-state index contributed by atoms with van der Waals surface area (Å²) in [7, 11) is 1.99. The van der Waals surface area contributed by atoms with Gasteiger partial charge < -0.3 is 25.0 Å². The Hall–Kier alpha value is -4.51. The quantitative estimate of drug-likeness (QED) is 0.166. The van der Waals surface area contributed by atoms with Gasteiger partial charge in [-0.2, -0.15) is 0 Å². The van der Waals surface area contributed by atoms with E-state index in [1.54, 1.807) is 0 Å². The molecule has 47 heavy (non-hydrogen) atoms. The molecule has 1 aromatic heterocycles. The molecule has 6 rings (SSSR count). The number of carbonyl (C=O) groups is 1. The van der Waals surface area contributed by atoms with Crippen molar-refractivity contribution in [1.82, 2.24) is 14.9 Å². The molecule has 2 heterocycles. The highest BCUT2D eigenvalue weighted by Crippen LogP contribution is 2.42. The smallest absolute Gasteiger partial charge is 0.275 e. The molecule has 1 saturated heterocycles. The third-order valence-electron chi connectivity index (χ3n) is 8.98. The Morgan fingerprint density at radius 3 is 2.38 bits per heavy atom. The van der Waals surface area contributed by atoms with E-state index in [-0.39, 0.29) is 42.4 Å². The molecule has 1 amide bonds. The lowest BCUT2D eigenvalue weighted by atomic mass is 9.89. The van der Waals surface area contributed by atoms with E-state index in [9.17, 15) is 15.0 Å². The van der Waals surface area contributed by atoms with Crippen LogP contribution in [0.15, 0.2) is 109 Å². The number of nitrogens with one attached hydrogen (secondary N) is 1. The van der Waals surface area contributed by atoms with Crippen LogP contribution in [0.25, 0.3) is 11.0 Å². The SMILES string of the molecule is C[C@@H]1[C@H](CN(C)[C@H](C)[C@@H](O)c2ccccc2)O[C@H](c2cccc(NC(=O)c3cnc4ccccc4n3)c2)O[C@@H]1c1ccc(CO)cc1. The minimum absolute atomic E-state index is 0.0363. The molecule has 6 atom stereocenters. The molecule has 1 aliphatic heterocycles. The summed E-state index contributed by atoms with van der Waals surface area (Å²) in [4.78, 5) is 24.1. The van der Waals surface area contributed by atoms with Crippen molar-refractivity contribution in [2.24, 2.45) is 5.92 Å². The number of aliphatic hydroxyl groups excluding tert-OH is 2. The summed E-state index contributed by atoms with van der Waals surface area (Å²) in [6.45, 7) is 4.63. The van der Waals surface area contributed by atoms with Gasteiger partial charge in [-0.05, 0) is 54.9 Å². The van der Waals surface area contributed by atoms with Crippen LogP contribution >= 0.6 is 0 Å². The number of amides is 1. The van der Waals surface area contributed by atoms with Gasteiger partial charge in [0, 0.05) is 29.8 Å². The van der Waals surface area contributed by atoms with Crippen LogP contribution in [0.1, 0.15) is 65.1 Å². The summed E-state index contributed by atoms with van der Waals surface area (Å²) in [5, 5.41) is 23.7. The largest absolute Gasteiger partial charge is 0.392 e. The maximum atomic E-state index is 13.2. The van der Waals surface area contributed by atoms with Gasteiger partial charge in [-0.25, -0.2) is 4.98 Å². The Bertz CT molecular complexity index is 1800. The van der Waals surface area contributed by atoms with Crippen LogP contribution in [0.2, 0.25) is 0 Å². The second-order valence-corrected chi connectivity index (χ2v) is 12.2. The van der Waals surface area contributed by atoms with E-state index in [0.29, 0.717) is 17.7 Å². The Labute approximate surface area is 274 Å². The van der Waals surface area contributed by atoms with Crippen LogP contribution in [0, 0.1) is 5.92 Å². The number of rotatable bonds is 10. The number of ether oxygens (including phenoxy) is 2. The fourth-order valence-corrected chi connectivity index (χ4v) is 5.97. The number of para-hydroxylation sites is 2. The van der Waals surface area contributed by atoms with Crippen molar-refractivity contribution in [3.05, 3.63) is 137 Å². The molecule has 0 aliphatic carbocycles. The van der Waals surface area contributed by atoms with Gasteiger partial charge in [-0.1, -0.05) is 85.8 Å². The molecule has 0 radical (unpaired) electrons. The molecule has 9 nitrogen and oxygen atoms in total. The molecule has 4 aromatic carbocycles. The highest BCUT2D eigenvalue weighted by atomic mass is 16.7. The summed E-state index contributed by atoms with van der Waals surface area (Å²) in [5.41, 5.74) is 5.57. The van der Waals surface area contributed by atoms with Crippen molar-refractivity contribution in [1.29, 1.82) is 0 Å². The summed E-state index contributed by atoms with van der Waals surface area (Å²) in [6, 6.07) is 32.1. The van der Waals surface area contributed by atoms with Crippen molar-refractivity contribution in [3.63, 3.8) is 0 Å². The van der Waals surface area contributed by atoms with E-state index in [4.69, 9.17) is 9.47 Å². The monoisotopic (exact) mass is 632 g/mol. The molecule has 3 N–H and O–H groups in total. The molecule has 242 valence electrons. The predicted octanol–water partition coefficient (Wildman–Crippen LogP) is 6.22. The van der Waals surface area contributed by atoms with Crippen LogP contribution < -0.4 is 5.32 Å². The maximum Gasteiger partial charge on any atom is 0.275 e. The lowest BCUT2D eigenvalue weighted by molar-refractivity contribution is -0.276. The zero-order valence-corrected chi connectivity index (χ0v) is 26.7. The van der Waals surface area contributed by atoms with Crippen LogP contribution in [0.3, 0.4) is 0 Å². The third-order valence-corrected chi connectivity index (χ3v) is 8.98. The summed E-state index contributed by atoms with van der Waals surface area (Å²) in [5.74, 6) is -0.407. The molecule has 0 spiro atoms. The van der Waals surface area contributed by atoms with Gasteiger partial charge >= 0.3 is 0 Å². The van der Waals surface area contributed by atoms with Crippen LogP contribution in [0.4, 0.5) is 5.69 Å². The van der Waals surface area contributed by atoms with Crippen molar-refractivity contribution >= 4 is 22.6 Å². The number of hydrogen-bond donors (Lipinski definition) is 3. The van der Waals surface area contributed by atoms with E-state index < -0.39 is 12.4 Å². The zero-order valence-electron chi connectivity index (χ0n) is 26.7. The average Bonchev–Trinajstić information content (AvgIpc) is 3.12. The highest BCUT2D eigenvalue weighted by Gasteiger charge is 2.39. The lowest BCUT2D eigenvalue weighted by Gasteiger charge is -2.43. The van der Waals surface area contributed by atoms with Crippen molar-refractivity contribution < 1.29 is 24.5 Å². The molecule has 5 aromatic rings. The molecule has 1 aliphatic rings. The Morgan fingerprint density at radius 1 is 0.915 bits per heavy atom. The topological polar surface area (TPSA) is 117 Å². The molecule has 0 bridgehead atoms. The average molecular weight is 633 g/mol. The van der Waals surface area contributed by atoms with E-state index in [2.05, 4.69) is 27.1 Å². The Balaban J connectivity index is 1.23. The first-order chi connectivity index (χ1) is 22.8. The number of carbonyl (C=O) groups excluding carboxylic acids is 1. The Kier molecular flexibility index (Phi) is 10.0. The minimum Gasteiger partial charge on any atom is -0.392 e. The van der Waals surface area contributed by atoms with E-state index in [1.165, 1.54) is 6.20 Å². The Morgan fingerprint density at radius 2 is 1.64 bits per heavy atom. The fraction of sp³-hybridized carbons (Fsp3) is 0.289. The summed E-state index contributed by atoms with van der Waals surface area (Å²) >= 11 is 0. The first-order valence-electron chi connectivity index (χ1n) is 15.9. The van der Waals surface area contributed by atoms with Gasteiger partial charge in [0.2, 0.25) is 0 Å². The van der Waals surface area contributed by atoms with Gasteiger partial charge in [0.05, 0.1) is 42.1 Å². The number of nitrogens with zero attached hydrogens (tertiary/aromatic N) is 3. The summed E-state index contributed by atoms with van der Waals surface area (Å²) < 4.78 is 13.3. The number of aliphatic hydroxyl groups is 2. The van der Waals surface area contributed by atoms with Crippen molar-refractivity contribution in [2.45, 2.75) is 51.1 Å². The lowest BCUT2D eigenvalue weighted by Crippen LogP contribution is -2.46. The molecule has 0 saturated carbocycles. The first kappa shape index (κ1) is 32.4. The summed E-state index contributed by atoms with van der Waals surface area (Å²) in [6.07, 6.45) is -0.474. The van der Waals surface area contributed by atoms with Gasteiger partial charge in [0.15, 0.2) is 6.29 Å². The highest BCUT2D eigenvalue weighted by molar-refractivity contribution is 6.03. The van der Waals surface area contributed by atoms with Crippen LogP contribution in [0.5, 0.6) is 0 Å².